The van der Waals surface area contributed by atoms with Gasteiger partial charge in [0.2, 0.25) is 11.8 Å². The van der Waals surface area contributed by atoms with Crippen LogP contribution in [0.4, 0.5) is 0 Å². The van der Waals surface area contributed by atoms with E-state index in [-0.39, 0.29) is 18.4 Å². The predicted octanol–water partition coefficient (Wildman–Crippen LogP) is -1.27. The standard InChI is InChI=1S/C10H16N2O5/c13-8(11-5-9(14)15)4-12-10(16)7-2-1-3-17-6-7/h7H,1-6H2,(H,11,13)(H,12,16)(H,14,15). The first kappa shape index (κ1) is 13.4. The maximum atomic E-state index is 11.6. The zero-order valence-corrected chi connectivity index (χ0v) is 9.40. The fourth-order valence-electron chi connectivity index (χ4n) is 1.50. The molecule has 1 fully saturated rings. The van der Waals surface area contributed by atoms with Gasteiger partial charge in [0.1, 0.15) is 6.54 Å². The average molecular weight is 244 g/mol. The maximum Gasteiger partial charge on any atom is 0.322 e. The van der Waals surface area contributed by atoms with Gasteiger partial charge in [0.25, 0.3) is 0 Å². The molecule has 0 aromatic rings. The number of carboxylic acids is 1. The summed E-state index contributed by atoms with van der Waals surface area (Å²) in [6.07, 6.45) is 1.59. The third-order valence-electron chi connectivity index (χ3n) is 2.39. The van der Waals surface area contributed by atoms with Gasteiger partial charge in [-0.05, 0) is 12.8 Å². The van der Waals surface area contributed by atoms with Gasteiger partial charge >= 0.3 is 5.97 Å². The lowest BCUT2D eigenvalue weighted by Crippen LogP contribution is -2.42. The smallest absolute Gasteiger partial charge is 0.322 e. The van der Waals surface area contributed by atoms with E-state index in [2.05, 4.69) is 10.6 Å². The number of nitrogens with one attached hydrogen (secondary N) is 2. The van der Waals surface area contributed by atoms with Gasteiger partial charge in [0.05, 0.1) is 19.1 Å². The largest absolute Gasteiger partial charge is 0.480 e. The topological polar surface area (TPSA) is 105 Å². The Balaban J connectivity index is 2.18. The second-order valence-corrected chi connectivity index (χ2v) is 3.80. The summed E-state index contributed by atoms with van der Waals surface area (Å²) in [5.41, 5.74) is 0. The highest BCUT2D eigenvalue weighted by atomic mass is 16.5. The molecular formula is C10H16N2O5. The number of hydrogen-bond donors (Lipinski definition) is 3. The van der Waals surface area contributed by atoms with E-state index in [1.54, 1.807) is 0 Å². The Bertz CT molecular complexity index is 299. The number of carbonyl (C=O) groups is 3. The first-order valence-electron chi connectivity index (χ1n) is 5.43. The number of aliphatic carboxylic acids is 1. The maximum absolute atomic E-state index is 11.6. The van der Waals surface area contributed by atoms with Crippen molar-refractivity contribution in [3.05, 3.63) is 0 Å². The summed E-state index contributed by atoms with van der Waals surface area (Å²) < 4.78 is 5.15. The highest BCUT2D eigenvalue weighted by Crippen LogP contribution is 2.12. The van der Waals surface area contributed by atoms with Crippen molar-refractivity contribution >= 4 is 17.8 Å². The van der Waals surface area contributed by atoms with E-state index < -0.39 is 18.4 Å². The van der Waals surface area contributed by atoms with Crippen LogP contribution in [-0.2, 0) is 19.1 Å². The van der Waals surface area contributed by atoms with Crippen LogP contribution in [0.25, 0.3) is 0 Å². The third-order valence-corrected chi connectivity index (χ3v) is 2.39. The minimum absolute atomic E-state index is 0.206. The SMILES string of the molecule is O=C(O)CNC(=O)CNC(=O)C1CCCOC1. The van der Waals surface area contributed by atoms with E-state index in [0.29, 0.717) is 13.2 Å². The summed E-state index contributed by atoms with van der Waals surface area (Å²) in [6.45, 7) is 0.398. The van der Waals surface area contributed by atoms with Crippen LogP contribution in [0.2, 0.25) is 0 Å². The van der Waals surface area contributed by atoms with Gasteiger partial charge in [-0.1, -0.05) is 0 Å². The van der Waals surface area contributed by atoms with Crippen molar-refractivity contribution in [1.29, 1.82) is 0 Å². The van der Waals surface area contributed by atoms with E-state index in [1.165, 1.54) is 0 Å². The van der Waals surface area contributed by atoms with Crippen LogP contribution in [0.3, 0.4) is 0 Å². The van der Waals surface area contributed by atoms with E-state index in [1.807, 2.05) is 0 Å². The first-order valence-corrected chi connectivity index (χ1v) is 5.43. The van der Waals surface area contributed by atoms with Crippen LogP contribution in [-0.4, -0.2) is 49.2 Å². The lowest BCUT2D eigenvalue weighted by molar-refractivity contribution is -0.138. The molecule has 1 heterocycles. The fourth-order valence-corrected chi connectivity index (χ4v) is 1.50. The third kappa shape index (κ3) is 5.30. The number of amides is 2. The Labute approximate surface area is 98.5 Å². The number of carboxylic acid groups (broad SMARTS) is 1. The molecule has 0 aliphatic carbocycles. The molecular weight excluding hydrogens is 228 g/mol. The molecule has 0 aromatic heterocycles. The molecule has 3 N–H and O–H groups in total. The number of carbonyl (C=O) groups excluding carboxylic acids is 2. The van der Waals surface area contributed by atoms with Gasteiger partial charge in [-0.2, -0.15) is 0 Å². The molecule has 0 bridgehead atoms. The van der Waals surface area contributed by atoms with Crippen molar-refractivity contribution in [3.8, 4) is 0 Å². The highest BCUT2D eigenvalue weighted by molar-refractivity contribution is 5.87. The first-order chi connectivity index (χ1) is 8.09. The summed E-state index contributed by atoms with van der Waals surface area (Å²) in [6, 6.07) is 0. The molecule has 7 heteroatoms. The van der Waals surface area contributed by atoms with Gasteiger partial charge in [0.15, 0.2) is 0 Å². The van der Waals surface area contributed by atoms with E-state index in [4.69, 9.17) is 9.84 Å². The van der Waals surface area contributed by atoms with Crippen molar-refractivity contribution in [2.75, 3.05) is 26.3 Å². The Kier molecular flexibility index (Phi) is 5.41. The number of rotatable bonds is 5. The molecule has 0 saturated carbocycles. The van der Waals surface area contributed by atoms with Gasteiger partial charge in [0, 0.05) is 6.61 Å². The molecule has 1 saturated heterocycles. The zero-order valence-electron chi connectivity index (χ0n) is 9.40. The van der Waals surface area contributed by atoms with Crippen LogP contribution in [0, 0.1) is 5.92 Å². The number of ether oxygens (including phenoxy) is 1. The van der Waals surface area contributed by atoms with Gasteiger partial charge < -0.3 is 20.5 Å². The quantitative estimate of drug-likeness (QED) is 0.559. The monoisotopic (exact) mass is 244 g/mol. The Morgan fingerprint density at radius 1 is 1.24 bits per heavy atom. The molecule has 7 nitrogen and oxygen atoms in total. The van der Waals surface area contributed by atoms with Crippen molar-refractivity contribution in [2.45, 2.75) is 12.8 Å². The molecule has 0 radical (unpaired) electrons. The van der Waals surface area contributed by atoms with Crippen LogP contribution >= 0.6 is 0 Å². The summed E-state index contributed by atoms with van der Waals surface area (Å²) in [5, 5.41) is 12.9. The van der Waals surface area contributed by atoms with Crippen LogP contribution in [0.1, 0.15) is 12.8 Å². The lowest BCUT2D eigenvalue weighted by Gasteiger charge is -2.20. The highest BCUT2D eigenvalue weighted by Gasteiger charge is 2.21. The summed E-state index contributed by atoms with van der Waals surface area (Å²) in [4.78, 5) is 32.8. The molecule has 96 valence electrons. The average Bonchev–Trinajstić information content (AvgIpc) is 2.34. The second kappa shape index (κ2) is 6.85. The molecule has 1 rings (SSSR count). The molecule has 17 heavy (non-hydrogen) atoms. The summed E-state index contributed by atoms with van der Waals surface area (Å²) in [5.74, 6) is -2.07. The Hall–Kier alpha value is -1.63. The van der Waals surface area contributed by atoms with Gasteiger partial charge in [-0.25, -0.2) is 0 Å². The Morgan fingerprint density at radius 2 is 2.00 bits per heavy atom. The molecule has 2 amide bonds. The minimum atomic E-state index is -1.12. The van der Waals surface area contributed by atoms with Crippen LogP contribution in [0.15, 0.2) is 0 Å². The normalized spacial score (nSPS) is 19.4. The zero-order chi connectivity index (χ0) is 12.7. The predicted molar refractivity (Wildman–Crippen MR) is 57.2 cm³/mol. The van der Waals surface area contributed by atoms with Crippen molar-refractivity contribution in [1.82, 2.24) is 10.6 Å². The van der Waals surface area contributed by atoms with Gasteiger partial charge in [-0.3, -0.25) is 14.4 Å². The lowest BCUT2D eigenvalue weighted by atomic mass is 10.0. The molecule has 1 unspecified atom stereocenters. The van der Waals surface area contributed by atoms with E-state index in [0.717, 1.165) is 12.8 Å². The second-order valence-electron chi connectivity index (χ2n) is 3.80. The van der Waals surface area contributed by atoms with Crippen LogP contribution < -0.4 is 10.6 Å². The van der Waals surface area contributed by atoms with Crippen molar-refractivity contribution in [3.63, 3.8) is 0 Å². The van der Waals surface area contributed by atoms with E-state index in [9.17, 15) is 14.4 Å². The molecule has 0 spiro atoms. The van der Waals surface area contributed by atoms with Crippen molar-refractivity contribution < 1.29 is 24.2 Å². The summed E-state index contributed by atoms with van der Waals surface area (Å²) in [7, 11) is 0. The van der Waals surface area contributed by atoms with Crippen LogP contribution in [0.5, 0.6) is 0 Å². The fraction of sp³-hybridized carbons (Fsp3) is 0.700. The van der Waals surface area contributed by atoms with Crippen molar-refractivity contribution in [2.24, 2.45) is 5.92 Å². The molecule has 1 atom stereocenters. The minimum Gasteiger partial charge on any atom is -0.480 e. The Morgan fingerprint density at radius 3 is 2.59 bits per heavy atom. The molecule has 1 aliphatic rings. The number of hydrogen-bond acceptors (Lipinski definition) is 4. The van der Waals surface area contributed by atoms with Gasteiger partial charge in [-0.15, -0.1) is 0 Å². The van der Waals surface area contributed by atoms with E-state index >= 15 is 0 Å². The molecule has 0 aromatic carbocycles. The molecule has 1 aliphatic heterocycles. The summed E-state index contributed by atoms with van der Waals surface area (Å²) >= 11 is 0.